The maximum absolute atomic E-state index is 6.02. The largest absolute Gasteiger partial charge is 0.327 e. The Morgan fingerprint density at radius 1 is 1.44 bits per heavy atom. The zero-order valence-electron chi connectivity index (χ0n) is 6.06. The van der Waals surface area contributed by atoms with Gasteiger partial charge >= 0.3 is 0 Å². The minimum absolute atomic E-state index is 0.539. The Kier molecular flexibility index (Phi) is 0.963. The van der Waals surface area contributed by atoms with Crippen LogP contribution in [0.1, 0.15) is 32.6 Å². The van der Waals surface area contributed by atoms with Crippen molar-refractivity contribution in [3.8, 4) is 0 Å². The van der Waals surface area contributed by atoms with Crippen molar-refractivity contribution in [1.82, 2.24) is 0 Å². The molecule has 0 bridgehead atoms. The van der Waals surface area contributed by atoms with Crippen LogP contribution in [0, 0.1) is 11.3 Å². The van der Waals surface area contributed by atoms with Gasteiger partial charge in [0.2, 0.25) is 0 Å². The van der Waals surface area contributed by atoms with Crippen LogP contribution in [0.15, 0.2) is 0 Å². The molecular formula is C8H15N. The number of rotatable bonds is 2. The Labute approximate surface area is 56.6 Å². The predicted octanol–water partition coefficient (Wildman–Crippen LogP) is 1.52. The van der Waals surface area contributed by atoms with Crippen molar-refractivity contribution in [2.75, 3.05) is 0 Å². The molecule has 0 heterocycles. The summed E-state index contributed by atoms with van der Waals surface area (Å²) in [4.78, 5) is 0. The molecular weight excluding hydrogens is 110 g/mol. The van der Waals surface area contributed by atoms with E-state index >= 15 is 0 Å². The first-order chi connectivity index (χ1) is 4.22. The van der Waals surface area contributed by atoms with Gasteiger partial charge in [-0.3, -0.25) is 0 Å². The van der Waals surface area contributed by atoms with Gasteiger partial charge in [0.25, 0.3) is 0 Å². The summed E-state index contributed by atoms with van der Waals surface area (Å²) in [5.74, 6) is 0.900. The highest BCUT2D eigenvalue weighted by Gasteiger charge is 2.48. The second kappa shape index (κ2) is 1.51. The summed E-state index contributed by atoms with van der Waals surface area (Å²) in [6.07, 6.45) is 5.56. The second-order valence-corrected chi connectivity index (χ2v) is 4.02. The molecule has 0 aliphatic heterocycles. The monoisotopic (exact) mass is 125 g/mol. The fourth-order valence-electron chi connectivity index (χ4n) is 1.55. The van der Waals surface area contributed by atoms with Gasteiger partial charge in [-0.05, 0) is 37.0 Å². The summed E-state index contributed by atoms with van der Waals surface area (Å²) < 4.78 is 0. The molecule has 2 aliphatic rings. The molecule has 2 saturated carbocycles. The van der Waals surface area contributed by atoms with E-state index in [0.717, 1.165) is 5.92 Å². The van der Waals surface area contributed by atoms with Crippen LogP contribution in [0.4, 0.5) is 0 Å². The molecule has 2 rings (SSSR count). The lowest BCUT2D eigenvalue weighted by Gasteiger charge is -2.16. The average Bonchev–Trinajstić information content (AvgIpc) is 2.54. The van der Waals surface area contributed by atoms with Gasteiger partial charge in [0, 0.05) is 6.04 Å². The lowest BCUT2D eigenvalue weighted by atomic mass is 9.96. The summed E-state index contributed by atoms with van der Waals surface area (Å²) >= 11 is 0. The van der Waals surface area contributed by atoms with Crippen molar-refractivity contribution in [2.24, 2.45) is 17.1 Å². The standard InChI is InChI=1S/C8H15N/c1-8(4-5-8)7(9)6-2-3-6/h6-7H,2-5,9H2,1H3. The van der Waals surface area contributed by atoms with Gasteiger partial charge in [0.05, 0.1) is 0 Å². The number of hydrogen-bond donors (Lipinski definition) is 1. The molecule has 0 saturated heterocycles. The van der Waals surface area contributed by atoms with E-state index in [4.69, 9.17) is 5.73 Å². The Balaban J connectivity index is 1.95. The van der Waals surface area contributed by atoms with Crippen molar-refractivity contribution < 1.29 is 0 Å². The molecule has 2 N–H and O–H groups in total. The van der Waals surface area contributed by atoms with Crippen LogP contribution >= 0.6 is 0 Å². The minimum atomic E-state index is 0.539. The molecule has 0 radical (unpaired) electrons. The number of nitrogens with two attached hydrogens (primary N) is 1. The first-order valence-corrected chi connectivity index (χ1v) is 3.98. The first-order valence-electron chi connectivity index (χ1n) is 3.98. The van der Waals surface area contributed by atoms with E-state index in [-0.39, 0.29) is 0 Å². The summed E-state index contributed by atoms with van der Waals surface area (Å²) in [6, 6.07) is 0.539. The van der Waals surface area contributed by atoms with Gasteiger partial charge in [-0.15, -0.1) is 0 Å². The van der Waals surface area contributed by atoms with Crippen molar-refractivity contribution in [3.63, 3.8) is 0 Å². The first kappa shape index (κ1) is 5.72. The summed E-state index contributed by atoms with van der Waals surface area (Å²) in [5, 5.41) is 0. The topological polar surface area (TPSA) is 26.0 Å². The fourth-order valence-corrected chi connectivity index (χ4v) is 1.55. The normalized spacial score (nSPS) is 34.0. The highest BCUT2D eigenvalue weighted by Crippen LogP contribution is 2.53. The molecule has 0 spiro atoms. The molecule has 2 fully saturated rings. The average molecular weight is 125 g/mol. The molecule has 0 aromatic heterocycles. The quantitative estimate of drug-likeness (QED) is 0.595. The molecule has 0 aromatic rings. The minimum Gasteiger partial charge on any atom is -0.327 e. The predicted molar refractivity (Wildman–Crippen MR) is 38.0 cm³/mol. The van der Waals surface area contributed by atoms with Crippen LogP contribution in [-0.2, 0) is 0 Å². The Morgan fingerprint density at radius 2 is 2.00 bits per heavy atom. The zero-order valence-corrected chi connectivity index (χ0v) is 6.06. The van der Waals surface area contributed by atoms with Crippen molar-refractivity contribution in [2.45, 2.75) is 38.6 Å². The number of hydrogen-bond acceptors (Lipinski definition) is 1. The van der Waals surface area contributed by atoms with E-state index in [9.17, 15) is 0 Å². The van der Waals surface area contributed by atoms with Gasteiger partial charge in [-0.2, -0.15) is 0 Å². The van der Waals surface area contributed by atoms with Gasteiger partial charge < -0.3 is 5.73 Å². The fraction of sp³-hybridized carbons (Fsp3) is 1.00. The summed E-state index contributed by atoms with van der Waals surface area (Å²) in [5.41, 5.74) is 6.59. The lowest BCUT2D eigenvalue weighted by Crippen LogP contribution is -2.31. The van der Waals surface area contributed by atoms with Gasteiger partial charge in [0.1, 0.15) is 0 Å². The maximum atomic E-state index is 6.02. The van der Waals surface area contributed by atoms with Crippen LogP contribution in [0.5, 0.6) is 0 Å². The van der Waals surface area contributed by atoms with Crippen molar-refractivity contribution in [1.29, 1.82) is 0 Å². The van der Waals surface area contributed by atoms with E-state index in [0.29, 0.717) is 11.5 Å². The lowest BCUT2D eigenvalue weighted by molar-refractivity contribution is 0.395. The highest BCUT2D eigenvalue weighted by atomic mass is 14.8. The zero-order chi connectivity index (χ0) is 6.48. The second-order valence-electron chi connectivity index (χ2n) is 4.02. The van der Waals surface area contributed by atoms with Crippen molar-refractivity contribution in [3.05, 3.63) is 0 Å². The Hall–Kier alpha value is -0.0400. The Morgan fingerprint density at radius 3 is 2.33 bits per heavy atom. The third kappa shape index (κ3) is 0.877. The van der Waals surface area contributed by atoms with Crippen LogP contribution in [-0.4, -0.2) is 6.04 Å². The van der Waals surface area contributed by atoms with Crippen LogP contribution < -0.4 is 5.73 Å². The van der Waals surface area contributed by atoms with E-state index in [1.54, 1.807) is 0 Å². The molecule has 0 amide bonds. The molecule has 9 heavy (non-hydrogen) atoms. The maximum Gasteiger partial charge on any atom is 0.0121 e. The smallest absolute Gasteiger partial charge is 0.0121 e. The third-order valence-corrected chi connectivity index (χ3v) is 2.97. The molecule has 52 valence electrons. The van der Waals surface area contributed by atoms with E-state index in [1.807, 2.05) is 0 Å². The van der Waals surface area contributed by atoms with E-state index in [1.165, 1.54) is 25.7 Å². The van der Waals surface area contributed by atoms with Crippen molar-refractivity contribution >= 4 is 0 Å². The highest BCUT2D eigenvalue weighted by molar-refractivity contribution is 5.03. The van der Waals surface area contributed by atoms with Gasteiger partial charge in [0.15, 0.2) is 0 Å². The van der Waals surface area contributed by atoms with E-state index in [2.05, 4.69) is 6.92 Å². The molecule has 1 atom stereocenters. The molecule has 2 aliphatic carbocycles. The summed E-state index contributed by atoms with van der Waals surface area (Å²) in [6.45, 7) is 2.33. The van der Waals surface area contributed by atoms with Crippen LogP contribution in [0.2, 0.25) is 0 Å². The SMILES string of the molecule is CC1(C(N)C2CC2)CC1. The Bertz CT molecular complexity index is 123. The molecule has 1 unspecified atom stereocenters. The van der Waals surface area contributed by atoms with Crippen LogP contribution in [0.25, 0.3) is 0 Å². The molecule has 1 heteroatoms. The molecule has 0 aromatic carbocycles. The molecule has 1 nitrogen and oxygen atoms in total. The summed E-state index contributed by atoms with van der Waals surface area (Å²) in [7, 11) is 0. The van der Waals surface area contributed by atoms with E-state index < -0.39 is 0 Å². The van der Waals surface area contributed by atoms with Gasteiger partial charge in [-0.25, -0.2) is 0 Å². The van der Waals surface area contributed by atoms with Gasteiger partial charge in [-0.1, -0.05) is 6.92 Å². The third-order valence-electron chi connectivity index (χ3n) is 2.97. The van der Waals surface area contributed by atoms with Crippen LogP contribution in [0.3, 0.4) is 0 Å².